The quantitative estimate of drug-likeness (QED) is 0.488. The first-order chi connectivity index (χ1) is 15.1. The molecule has 6 nitrogen and oxygen atoms in total. The molecule has 0 aliphatic carbocycles. The van der Waals surface area contributed by atoms with Crippen molar-refractivity contribution in [2.24, 2.45) is 0 Å². The van der Waals surface area contributed by atoms with E-state index >= 15 is 0 Å². The summed E-state index contributed by atoms with van der Waals surface area (Å²) in [6.07, 6.45) is 1.65. The van der Waals surface area contributed by atoms with Crippen molar-refractivity contribution in [1.29, 1.82) is 0 Å². The SMILES string of the molecule is CNC(=O)c1ccc(NC(=O)c2ccccc2-c2ncc(-c3ccccc3)o2)c(C)c1. The molecule has 0 radical (unpaired) electrons. The number of oxazole rings is 1. The number of nitrogens with one attached hydrogen (secondary N) is 2. The first kappa shape index (κ1) is 20.1. The summed E-state index contributed by atoms with van der Waals surface area (Å²) in [4.78, 5) is 29.2. The van der Waals surface area contributed by atoms with Crippen LogP contribution in [0.3, 0.4) is 0 Å². The number of carbonyl (C=O) groups excluding carboxylic acids is 2. The minimum atomic E-state index is -0.286. The van der Waals surface area contributed by atoms with Gasteiger partial charge >= 0.3 is 0 Å². The van der Waals surface area contributed by atoms with Crippen LogP contribution in [0.1, 0.15) is 26.3 Å². The van der Waals surface area contributed by atoms with Gasteiger partial charge in [-0.25, -0.2) is 4.98 Å². The van der Waals surface area contributed by atoms with Crippen molar-refractivity contribution < 1.29 is 14.0 Å². The van der Waals surface area contributed by atoms with Crippen molar-refractivity contribution in [2.75, 3.05) is 12.4 Å². The van der Waals surface area contributed by atoms with E-state index in [1.54, 1.807) is 49.6 Å². The highest BCUT2D eigenvalue weighted by atomic mass is 16.4. The van der Waals surface area contributed by atoms with Crippen LogP contribution in [0.25, 0.3) is 22.8 Å². The Morgan fingerprint density at radius 2 is 1.65 bits per heavy atom. The third-order valence-electron chi connectivity index (χ3n) is 4.93. The summed E-state index contributed by atoms with van der Waals surface area (Å²) in [5, 5.41) is 5.51. The summed E-state index contributed by atoms with van der Waals surface area (Å²) in [5.41, 5.74) is 3.90. The van der Waals surface area contributed by atoms with Gasteiger partial charge < -0.3 is 15.1 Å². The van der Waals surface area contributed by atoms with Crippen LogP contribution in [0.2, 0.25) is 0 Å². The molecule has 0 saturated carbocycles. The van der Waals surface area contributed by atoms with Crippen molar-refractivity contribution >= 4 is 17.5 Å². The zero-order valence-electron chi connectivity index (χ0n) is 17.2. The van der Waals surface area contributed by atoms with E-state index in [-0.39, 0.29) is 11.8 Å². The van der Waals surface area contributed by atoms with Crippen LogP contribution in [0.4, 0.5) is 5.69 Å². The fraction of sp³-hybridized carbons (Fsp3) is 0.0800. The predicted molar refractivity (Wildman–Crippen MR) is 120 cm³/mol. The van der Waals surface area contributed by atoms with Crippen LogP contribution in [0, 0.1) is 6.92 Å². The lowest BCUT2D eigenvalue weighted by Gasteiger charge is -2.11. The van der Waals surface area contributed by atoms with Gasteiger partial charge in [0.25, 0.3) is 11.8 Å². The summed E-state index contributed by atoms with van der Waals surface area (Å²) in [7, 11) is 1.58. The number of rotatable bonds is 5. The monoisotopic (exact) mass is 411 g/mol. The zero-order valence-corrected chi connectivity index (χ0v) is 17.2. The summed E-state index contributed by atoms with van der Waals surface area (Å²) in [6, 6.07) is 22.0. The van der Waals surface area contributed by atoms with Gasteiger partial charge in [-0.15, -0.1) is 0 Å². The zero-order chi connectivity index (χ0) is 21.8. The number of aromatic nitrogens is 1. The van der Waals surface area contributed by atoms with Gasteiger partial charge in [0.15, 0.2) is 5.76 Å². The summed E-state index contributed by atoms with van der Waals surface area (Å²) >= 11 is 0. The molecule has 0 spiro atoms. The summed E-state index contributed by atoms with van der Waals surface area (Å²) < 4.78 is 5.94. The lowest BCUT2D eigenvalue weighted by molar-refractivity contribution is 0.0962. The van der Waals surface area contributed by atoms with Gasteiger partial charge in [0.05, 0.1) is 11.8 Å². The molecule has 4 rings (SSSR count). The number of aryl methyl sites for hydroxylation is 1. The van der Waals surface area contributed by atoms with Gasteiger partial charge in [-0.2, -0.15) is 0 Å². The number of benzene rings is 3. The highest BCUT2D eigenvalue weighted by Crippen LogP contribution is 2.29. The van der Waals surface area contributed by atoms with Crippen LogP contribution < -0.4 is 10.6 Å². The molecular weight excluding hydrogens is 390 g/mol. The number of nitrogens with zero attached hydrogens (tertiary/aromatic N) is 1. The second-order valence-electron chi connectivity index (χ2n) is 7.00. The van der Waals surface area contributed by atoms with Gasteiger partial charge in [-0.3, -0.25) is 9.59 Å². The molecular formula is C25H21N3O3. The number of hydrogen-bond donors (Lipinski definition) is 2. The van der Waals surface area contributed by atoms with Crippen molar-refractivity contribution in [3.05, 3.63) is 95.7 Å². The molecule has 3 aromatic carbocycles. The average Bonchev–Trinajstić information content (AvgIpc) is 3.30. The second kappa shape index (κ2) is 8.67. The van der Waals surface area contributed by atoms with Gasteiger partial charge in [0.1, 0.15) is 0 Å². The fourth-order valence-corrected chi connectivity index (χ4v) is 3.28. The van der Waals surface area contributed by atoms with E-state index < -0.39 is 0 Å². The maximum Gasteiger partial charge on any atom is 0.256 e. The molecule has 0 unspecified atom stereocenters. The standard InChI is InChI=1S/C25H21N3O3/c1-16-14-18(23(29)26-2)12-13-21(16)28-24(30)19-10-6-7-11-20(19)25-27-15-22(31-25)17-8-4-3-5-9-17/h3-15H,1-2H3,(H,26,29)(H,28,30). The Balaban J connectivity index is 1.61. The third-order valence-corrected chi connectivity index (χ3v) is 4.93. The van der Waals surface area contributed by atoms with Crippen molar-refractivity contribution in [3.8, 4) is 22.8 Å². The molecule has 1 aromatic heterocycles. The Bertz CT molecular complexity index is 1250. The molecule has 154 valence electrons. The number of anilines is 1. The van der Waals surface area contributed by atoms with E-state index in [0.717, 1.165) is 11.1 Å². The van der Waals surface area contributed by atoms with Crippen molar-refractivity contribution in [3.63, 3.8) is 0 Å². The second-order valence-corrected chi connectivity index (χ2v) is 7.00. The van der Waals surface area contributed by atoms with E-state index in [1.807, 2.05) is 43.3 Å². The van der Waals surface area contributed by atoms with E-state index in [1.165, 1.54) is 0 Å². The van der Waals surface area contributed by atoms with Crippen LogP contribution in [-0.2, 0) is 0 Å². The minimum Gasteiger partial charge on any atom is -0.436 e. The molecule has 0 bridgehead atoms. The molecule has 0 aliphatic heterocycles. The first-order valence-electron chi connectivity index (χ1n) is 9.81. The van der Waals surface area contributed by atoms with E-state index in [9.17, 15) is 9.59 Å². The van der Waals surface area contributed by atoms with Crippen LogP contribution in [0.5, 0.6) is 0 Å². The molecule has 0 atom stereocenters. The van der Waals surface area contributed by atoms with Crippen LogP contribution >= 0.6 is 0 Å². The van der Waals surface area contributed by atoms with Gasteiger partial charge in [0.2, 0.25) is 5.89 Å². The maximum absolute atomic E-state index is 13.1. The predicted octanol–water partition coefficient (Wildman–Crippen LogP) is 4.93. The van der Waals surface area contributed by atoms with E-state index in [0.29, 0.717) is 34.0 Å². The maximum atomic E-state index is 13.1. The van der Waals surface area contributed by atoms with E-state index in [4.69, 9.17) is 4.42 Å². The van der Waals surface area contributed by atoms with Gasteiger partial charge in [0, 0.05) is 29.4 Å². The Hall–Kier alpha value is -4.19. The molecule has 4 aromatic rings. The average molecular weight is 411 g/mol. The topological polar surface area (TPSA) is 84.2 Å². The molecule has 0 fully saturated rings. The Labute approximate surface area is 179 Å². The molecule has 0 aliphatic rings. The molecule has 6 heteroatoms. The fourth-order valence-electron chi connectivity index (χ4n) is 3.28. The largest absolute Gasteiger partial charge is 0.436 e. The molecule has 31 heavy (non-hydrogen) atoms. The molecule has 0 saturated heterocycles. The number of amides is 2. The molecule has 1 heterocycles. The smallest absolute Gasteiger partial charge is 0.256 e. The van der Waals surface area contributed by atoms with Crippen molar-refractivity contribution in [2.45, 2.75) is 6.92 Å². The van der Waals surface area contributed by atoms with Crippen LogP contribution in [0.15, 0.2) is 83.4 Å². The Kier molecular flexibility index (Phi) is 5.62. The van der Waals surface area contributed by atoms with Crippen LogP contribution in [-0.4, -0.2) is 23.8 Å². The Morgan fingerprint density at radius 1 is 0.903 bits per heavy atom. The van der Waals surface area contributed by atoms with E-state index in [2.05, 4.69) is 15.6 Å². The number of hydrogen-bond acceptors (Lipinski definition) is 4. The van der Waals surface area contributed by atoms with Crippen molar-refractivity contribution in [1.82, 2.24) is 10.3 Å². The highest BCUT2D eigenvalue weighted by Gasteiger charge is 2.18. The minimum absolute atomic E-state index is 0.176. The normalized spacial score (nSPS) is 10.5. The number of carbonyl (C=O) groups is 2. The highest BCUT2D eigenvalue weighted by molar-refractivity contribution is 6.08. The Morgan fingerprint density at radius 3 is 2.39 bits per heavy atom. The summed E-state index contributed by atoms with van der Waals surface area (Å²) in [6.45, 7) is 1.84. The molecule has 2 N–H and O–H groups in total. The van der Waals surface area contributed by atoms with Gasteiger partial charge in [-0.05, 0) is 42.8 Å². The lowest BCUT2D eigenvalue weighted by atomic mass is 10.1. The molecule has 2 amide bonds. The third kappa shape index (κ3) is 4.23. The first-order valence-corrected chi connectivity index (χ1v) is 9.81. The lowest BCUT2D eigenvalue weighted by Crippen LogP contribution is -2.18. The summed E-state index contributed by atoms with van der Waals surface area (Å²) in [5.74, 6) is 0.540. The van der Waals surface area contributed by atoms with Gasteiger partial charge in [-0.1, -0.05) is 42.5 Å².